The van der Waals surface area contributed by atoms with E-state index in [0.717, 1.165) is 6.42 Å². The molecule has 8 nitrogen and oxygen atoms in total. The van der Waals surface area contributed by atoms with Gasteiger partial charge in [-0.25, -0.2) is 19.4 Å². The monoisotopic (exact) mass is 404 g/mol. The van der Waals surface area contributed by atoms with Crippen molar-refractivity contribution in [2.75, 3.05) is 11.3 Å². The Bertz CT molecular complexity index is 779. The highest BCUT2D eigenvalue weighted by Crippen LogP contribution is 2.14. The van der Waals surface area contributed by atoms with E-state index < -0.39 is 11.8 Å². The molecule has 2 rings (SSSR count). The highest BCUT2D eigenvalue weighted by Gasteiger charge is 2.18. The molecule has 0 unspecified atom stereocenters. The lowest BCUT2D eigenvalue weighted by Gasteiger charge is -2.24. The molecule has 10 heteroatoms. The number of hydrogen-bond acceptors (Lipinski definition) is 7. The summed E-state index contributed by atoms with van der Waals surface area (Å²) in [6, 6.07) is 5.24. The number of aliphatic imine (C=N–C) groups is 1. The first-order chi connectivity index (χ1) is 13.0. The van der Waals surface area contributed by atoms with E-state index in [1.807, 2.05) is 12.2 Å². The fraction of sp³-hybridized carbons (Fsp3) is 0.235. The number of anilines is 1. The van der Waals surface area contributed by atoms with Gasteiger partial charge in [-0.15, -0.1) is 0 Å². The third kappa shape index (κ3) is 6.50. The Morgan fingerprint density at radius 1 is 1.30 bits per heavy atom. The van der Waals surface area contributed by atoms with Crippen LogP contribution in [0, 0.1) is 0 Å². The van der Waals surface area contributed by atoms with Gasteiger partial charge in [-0.2, -0.15) is 0 Å². The Labute approximate surface area is 167 Å². The molecule has 0 aliphatic carbocycles. The molecular formula is C17H20N6O2S2. The van der Waals surface area contributed by atoms with Gasteiger partial charge in [-0.1, -0.05) is 30.4 Å². The Hall–Kier alpha value is -2.72. The van der Waals surface area contributed by atoms with Gasteiger partial charge >= 0.3 is 0 Å². The van der Waals surface area contributed by atoms with Gasteiger partial charge in [0.15, 0.2) is 11.6 Å². The molecular weight excluding hydrogens is 384 g/mol. The van der Waals surface area contributed by atoms with Crippen LogP contribution in [0.3, 0.4) is 0 Å². The molecule has 27 heavy (non-hydrogen) atoms. The summed E-state index contributed by atoms with van der Waals surface area (Å²) in [5.74, 6) is 0.0416. The zero-order chi connectivity index (χ0) is 19.6. The number of nitrogens with one attached hydrogen (secondary N) is 2. The number of nitrogens with zero attached hydrogens (tertiary/aromatic N) is 4. The first kappa shape index (κ1) is 20.6. The van der Waals surface area contributed by atoms with Crippen molar-refractivity contribution < 1.29 is 9.59 Å². The van der Waals surface area contributed by atoms with Gasteiger partial charge in [0.25, 0.3) is 0 Å². The van der Waals surface area contributed by atoms with E-state index in [0.29, 0.717) is 16.6 Å². The summed E-state index contributed by atoms with van der Waals surface area (Å²) in [4.78, 5) is 33.3. The normalized spacial score (nSPS) is 12.6. The fourth-order valence-corrected chi connectivity index (χ4v) is 2.67. The molecule has 142 valence electrons. The topological polar surface area (TPSA) is 89.9 Å². The number of aromatic nitrogens is 1. The number of thiocarbonyl (C=S) groups is 1. The molecule has 0 saturated heterocycles. The molecule has 0 spiro atoms. The van der Waals surface area contributed by atoms with E-state index in [1.54, 1.807) is 49.9 Å². The molecule has 1 aromatic rings. The second-order valence-electron chi connectivity index (χ2n) is 5.27. The van der Waals surface area contributed by atoms with Crippen LogP contribution in [0.25, 0.3) is 0 Å². The lowest BCUT2D eigenvalue weighted by Crippen LogP contribution is -2.47. The Balaban J connectivity index is 1.95. The summed E-state index contributed by atoms with van der Waals surface area (Å²) in [5, 5.41) is 1.36. The Morgan fingerprint density at radius 3 is 2.74 bits per heavy atom. The quantitative estimate of drug-likeness (QED) is 0.325. The van der Waals surface area contributed by atoms with E-state index in [2.05, 4.69) is 20.8 Å². The SMILES string of the molecule is CSN(NC(=O)CC(=O)NN(C(C)=S)c1ccccn1)C1=CC=CCC=N1. The predicted octanol–water partition coefficient (Wildman–Crippen LogP) is 2.14. The van der Waals surface area contributed by atoms with Crippen LogP contribution in [0.4, 0.5) is 5.82 Å². The molecule has 0 aromatic carbocycles. The molecule has 0 saturated carbocycles. The van der Waals surface area contributed by atoms with Crippen LogP contribution >= 0.6 is 24.2 Å². The average Bonchev–Trinajstić information content (AvgIpc) is 2.94. The standard InChI is InChI=1S/C17H20N6O2S2/c1-13(26)22(14-8-5-7-11-18-14)20-16(24)12-17(25)21-23(27-2)15-9-4-3-6-10-19-15/h3-5,7-11H,6,12H2,1-2H3,(H,20,24)(H,21,25). The lowest BCUT2D eigenvalue weighted by atomic mass is 10.4. The van der Waals surface area contributed by atoms with E-state index in [4.69, 9.17) is 12.2 Å². The highest BCUT2D eigenvalue weighted by molar-refractivity contribution is 7.96. The molecule has 1 aliphatic rings. The number of rotatable bonds is 6. The molecule has 2 heterocycles. The van der Waals surface area contributed by atoms with Gasteiger partial charge in [0.05, 0.1) is 0 Å². The van der Waals surface area contributed by atoms with Crippen molar-refractivity contribution in [3.05, 3.63) is 48.4 Å². The van der Waals surface area contributed by atoms with Gasteiger partial charge in [0.1, 0.15) is 11.4 Å². The third-order valence-corrected chi connectivity index (χ3v) is 4.04. The zero-order valence-electron chi connectivity index (χ0n) is 15.0. The van der Waals surface area contributed by atoms with E-state index in [-0.39, 0.29) is 6.42 Å². The summed E-state index contributed by atoms with van der Waals surface area (Å²) in [6.45, 7) is 1.66. The average molecular weight is 405 g/mol. The van der Waals surface area contributed by atoms with Gasteiger partial charge in [-0.05, 0) is 37.1 Å². The molecule has 2 amide bonds. The Kier molecular flexibility index (Phi) is 7.96. The number of amides is 2. The van der Waals surface area contributed by atoms with Gasteiger partial charge in [0.2, 0.25) is 11.8 Å². The number of hydrazine groups is 2. The molecule has 1 aromatic heterocycles. The minimum absolute atomic E-state index is 0.379. The number of carbonyl (C=O) groups is 2. The number of hydrogen-bond donors (Lipinski definition) is 2. The summed E-state index contributed by atoms with van der Waals surface area (Å²) in [5.41, 5.74) is 5.24. The van der Waals surface area contributed by atoms with Crippen LogP contribution in [-0.2, 0) is 9.59 Å². The molecule has 0 fully saturated rings. The minimum atomic E-state index is -0.512. The van der Waals surface area contributed by atoms with Crippen LogP contribution in [0.5, 0.6) is 0 Å². The maximum atomic E-state index is 12.3. The summed E-state index contributed by atoms with van der Waals surface area (Å²) < 4.78 is 1.50. The summed E-state index contributed by atoms with van der Waals surface area (Å²) in [7, 11) is 0. The first-order valence-electron chi connectivity index (χ1n) is 8.05. The van der Waals surface area contributed by atoms with Crippen molar-refractivity contribution in [1.82, 2.24) is 20.2 Å². The van der Waals surface area contributed by atoms with Gasteiger partial charge in [-0.3, -0.25) is 20.4 Å². The number of carbonyl (C=O) groups excluding carboxylic acids is 2. The van der Waals surface area contributed by atoms with Gasteiger partial charge in [0, 0.05) is 25.1 Å². The first-order valence-corrected chi connectivity index (χ1v) is 9.64. The molecule has 0 atom stereocenters. The van der Waals surface area contributed by atoms with Crippen LogP contribution in [0.1, 0.15) is 19.8 Å². The second-order valence-corrected chi connectivity index (χ2v) is 6.59. The second kappa shape index (κ2) is 10.4. The molecule has 2 N–H and O–H groups in total. The van der Waals surface area contributed by atoms with Crippen LogP contribution in [0.15, 0.2) is 53.4 Å². The van der Waals surface area contributed by atoms with Crippen LogP contribution in [-0.4, -0.2) is 38.7 Å². The zero-order valence-corrected chi connectivity index (χ0v) is 16.6. The summed E-state index contributed by atoms with van der Waals surface area (Å²) in [6.07, 6.45) is 11.0. The van der Waals surface area contributed by atoms with Crippen molar-refractivity contribution >= 4 is 53.0 Å². The Morgan fingerprint density at radius 2 is 2.07 bits per heavy atom. The van der Waals surface area contributed by atoms with Crippen LogP contribution in [0.2, 0.25) is 0 Å². The maximum Gasteiger partial charge on any atom is 0.248 e. The van der Waals surface area contributed by atoms with Crippen molar-refractivity contribution in [3.8, 4) is 0 Å². The van der Waals surface area contributed by atoms with Gasteiger partial charge < -0.3 is 0 Å². The van der Waals surface area contributed by atoms with E-state index in [1.165, 1.54) is 21.4 Å². The van der Waals surface area contributed by atoms with Crippen molar-refractivity contribution in [3.63, 3.8) is 0 Å². The van der Waals surface area contributed by atoms with Crippen molar-refractivity contribution in [2.24, 2.45) is 4.99 Å². The fourth-order valence-electron chi connectivity index (χ4n) is 2.05. The van der Waals surface area contributed by atoms with Crippen LogP contribution < -0.4 is 15.9 Å². The van der Waals surface area contributed by atoms with E-state index >= 15 is 0 Å². The highest BCUT2D eigenvalue weighted by atomic mass is 32.2. The molecule has 0 radical (unpaired) electrons. The largest absolute Gasteiger partial charge is 0.273 e. The molecule has 1 aliphatic heterocycles. The van der Waals surface area contributed by atoms with E-state index in [9.17, 15) is 9.59 Å². The third-order valence-electron chi connectivity index (χ3n) is 3.21. The van der Waals surface area contributed by atoms with Crippen molar-refractivity contribution in [1.29, 1.82) is 0 Å². The number of pyridine rings is 1. The predicted molar refractivity (Wildman–Crippen MR) is 112 cm³/mol. The number of allylic oxidation sites excluding steroid dienone is 3. The molecule has 0 bridgehead atoms. The minimum Gasteiger partial charge on any atom is -0.273 e. The van der Waals surface area contributed by atoms with Crippen molar-refractivity contribution in [2.45, 2.75) is 19.8 Å². The summed E-state index contributed by atoms with van der Waals surface area (Å²) >= 11 is 6.42. The smallest absolute Gasteiger partial charge is 0.248 e. The lowest BCUT2D eigenvalue weighted by molar-refractivity contribution is -0.130. The maximum absolute atomic E-state index is 12.3.